The SMILES string of the molecule is CCCC[C@H](Nc1cc(C)nc2ccnn12)C(N)=O. The summed E-state index contributed by atoms with van der Waals surface area (Å²) in [7, 11) is 0. The van der Waals surface area contributed by atoms with Crippen LogP contribution in [0.3, 0.4) is 0 Å². The first-order valence-electron chi connectivity index (χ1n) is 6.49. The van der Waals surface area contributed by atoms with Gasteiger partial charge in [-0.05, 0) is 13.3 Å². The van der Waals surface area contributed by atoms with Crippen molar-refractivity contribution in [2.45, 2.75) is 39.2 Å². The predicted molar refractivity (Wildman–Crippen MR) is 73.9 cm³/mol. The highest BCUT2D eigenvalue weighted by atomic mass is 16.1. The highest BCUT2D eigenvalue weighted by Crippen LogP contribution is 2.14. The number of anilines is 1. The number of aryl methyl sites for hydroxylation is 1. The number of hydrogen-bond donors (Lipinski definition) is 2. The molecule has 0 saturated carbocycles. The van der Waals surface area contributed by atoms with Gasteiger partial charge in [0.1, 0.15) is 11.9 Å². The van der Waals surface area contributed by atoms with Crippen LogP contribution in [0.15, 0.2) is 18.3 Å². The zero-order valence-corrected chi connectivity index (χ0v) is 11.3. The summed E-state index contributed by atoms with van der Waals surface area (Å²) in [5, 5.41) is 7.36. The number of nitrogens with one attached hydrogen (secondary N) is 1. The Balaban J connectivity index is 2.27. The minimum absolute atomic E-state index is 0.344. The molecule has 0 fully saturated rings. The van der Waals surface area contributed by atoms with Crippen molar-refractivity contribution in [3.05, 3.63) is 24.0 Å². The summed E-state index contributed by atoms with van der Waals surface area (Å²) in [5.41, 5.74) is 7.06. The van der Waals surface area contributed by atoms with Crippen LogP contribution in [0.25, 0.3) is 5.65 Å². The second-order valence-corrected chi connectivity index (χ2v) is 4.63. The number of hydrogen-bond acceptors (Lipinski definition) is 4. The molecule has 2 rings (SSSR count). The Hall–Kier alpha value is -2.11. The van der Waals surface area contributed by atoms with Crippen molar-refractivity contribution in [3.63, 3.8) is 0 Å². The molecule has 0 unspecified atom stereocenters. The number of rotatable bonds is 6. The van der Waals surface area contributed by atoms with Gasteiger partial charge in [0.05, 0.1) is 6.20 Å². The van der Waals surface area contributed by atoms with E-state index >= 15 is 0 Å². The van der Waals surface area contributed by atoms with Crippen LogP contribution < -0.4 is 11.1 Å². The fourth-order valence-electron chi connectivity index (χ4n) is 2.01. The van der Waals surface area contributed by atoms with Gasteiger partial charge in [-0.15, -0.1) is 0 Å². The average Bonchev–Trinajstić information content (AvgIpc) is 2.81. The molecule has 0 aliphatic carbocycles. The first-order chi connectivity index (χ1) is 9.11. The molecule has 3 N–H and O–H groups in total. The number of carbonyl (C=O) groups is 1. The highest BCUT2D eigenvalue weighted by Gasteiger charge is 2.16. The van der Waals surface area contributed by atoms with Crippen molar-refractivity contribution in [1.29, 1.82) is 0 Å². The molecule has 2 aromatic heterocycles. The van der Waals surface area contributed by atoms with Crippen LogP contribution in [-0.2, 0) is 4.79 Å². The third kappa shape index (κ3) is 3.01. The van der Waals surface area contributed by atoms with Gasteiger partial charge in [0.15, 0.2) is 5.65 Å². The van der Waals surface area contributed by atoms with E-state index < -0.39 is 0 Å². The lowest BCUT2D eigenvalue weighted by Gasteiger charge is -2.17. The van der Waals surface area contributed by atoms with E-state index in [0.717, 1.165) is 36.4 Å². The molecule has 19 heavy (non-hydrogen) atoms. The summed E-state index contributed by atoms with van der Waals surface area (Å²) >= 11 is 0. The van der Waals surface area contributed by atoms with Crippen molar-refractivity contribution >= 4 is 17.4 Å². The quantitative estimate of drug-likeness (QED) is 0.825. The summed E-state index contributed by atoms with van der Waals surface area (Å²) < 4.78 is 1.68. The fraction of sp³-hybridized carbons (Fsp3) is 0.462. The number of aromatic nitrogens is 3. The van der Waals surface area contributed by atoms with E-state index in [4.69, 9.17) is 5.73 Å². The number of nitrogens with zero attached hydrogens (tertiary/aromatic N) is 3. The third-order valence-corrected chi connectivity index (χ3v) is 3.00. The normalized spacial score (nSPS) is 12.5. The topological polar surface area (TPSA) is 85.3 Å². The molecule has 0 aliphatic heterocycles. The van der Waals surface area contributed by atoms with Crippen LogP contribution in [0.4, 0.5) is 5.82 Å². The van der Waals surface area contributed by atoms with Gasteiger partial charge < -0.3 is 11.1 Å². The smallest absolute Gasteiger partial charge is 0.239 e. The van der Waals surface area contributed by atoms with Gasteiger partial charge >= 0.3 is 0 Å². The first kappa shape index (κ1) is 13.3. The Morgan fingerprint density at radius 1 is 1.58 bits per heavy atom. The largest absolute Gasteiger partial charge is 0.368 e. The lowest BCUT2D eigenvalue weighted by Crippen LogP contribution is -2.36. The molecule has 2 heterocycles. The second-order valence-electron chi connectivity index (χ2n) is 4.63. The van der Waals surface area contributed by atoms with E-state index in [2.05, 4.69) is 22.3 Å². The van der Waals surface area contributed by atoms with Gasteiger partial charge in [0, 0.05) is 17.8 Å². The molecule has 6 heteroatoms. The number of primary amides is 1. The van der Waals surface area contributed by atoms with Gasteiger partial charge in [-0.3, -0.25) is 4.79 Å². The van der Waals surface area contributed by atoms with Gasteiger partial charge in [-0.2, -0.15) is 9.61 Å². The van der Waals surface area contributed by atoms with E-state index in [1.165, 1.54) is 0 Å². The molecule has 2 aromatic rings. The second kappa shape index (κ2) is 5.69. The van der Waals surface area contributed by atoms with Crippen molar-refractivity contribution in [1.82, 2.24) is 14.6 Å². The molecule has 0 aromatic carbocycles. The summed E-state index contributed by atoms with van der Waals surface area (Å²) in [4.78, 5) is 15.8. The zero-order valence-electron chi connectivity index (χ0n) is 11.3. The molecule has 0 bridgehead atoms. The lowest BCUT2D eigenvalue weighted by molar-refractivity contribution is -0.118. The van der Waals surface area contributed by atoms with Crippen LogP contribution in [0, 0.1) is 6.92 Å². The zero-order chi connectivity index (χ0) is 13.8. The monoisotopic (exact) mass is 261 g/mol. The number of unbranched alkanes of at least 4 members (excludes halogenated alkanes) is 1. The molecular formula is C13H19N5O. The third-order valence-electron chi connectivity index (χ3n) is 3.00. The molecule has 1 atom stereocenters. The number of carbonyl (C=O) groups excluding carboxylic acids is 1. The van der Waals surface area contributed by atoms with Gasteiger partial charge in [-0.1, -0.05) is 19.8 Å². The van der Waals surface area contributed by atoms with Crippen molar-refractivity contribution in [2.75, 3.05) is 5.32 Å². The molecule has 102 valence electrons. The van der Waals surface area contributed by atoms with Crippen LogP contribution >= 0.6 is 0 Å². The van der Waals surface area contributed by atoms with Crippen molar-refractivity contribution in [3.8, 4) is 0 Å². The van der Waals surface area contributed by atoms with Gasteiger partial charge in [0.2, 0.25) is 5.91 Å². The predicted octanol–water partition coefficient (Wildman–Crippen LogP) is 1.49. The molecule has 1 amide bonds. The van der Waals surface area contributed by atoms with Crippen molar-refractivity contribution < 1.29 is 4.79 Å². The van der Waals surface area contributed by atoms with E-state index in [-0.39, 0.29) is 11.9 Å². The van der Waals surface area contributed by atoms with E-state index in [1.54, 1.807) is 10.7 Å². The minimum atomic E-state index is -0.380. The number of amides is 1. The summed E-state index contributed by atoms with van der Waals surface area (Å²) in [6.45, 7) is 3.99. The van der Waals surface area contributed by atoms with Gasteiger partial charge in [-0.25, -0.2) is 4.98 Å². The molecular weight excluding hydrogens is 242 g/mol. The Morgan fingerprint density at radius 2 is 2.37 bits per heavy atom. The maximum atomic E-state index is 11.5. The summed E-state index contributed by atoms with van der Waals surface area (Å²) in [6.07, 6.45) is 4.37. The molecule has 6 nitrogen and oxygen atoms in total. The van der Waals surface area contributed by atoms with E-state index in [1.807, 2.05) is 19.1 Å². The molecule has 0 radical (unpaired) electrons. The van der Waals surface area contributed by atoms with Gasteiger partial charge in [0.25, 0.3) is 0 Å². The van der Waals surface area contributed by atoms with Crippen LogP contribution in [0.5, 0.6) is 0 Å². The number of nitrogens with two attached hydrogens (primary N) is 1. The minimum Gasteiger partial charge on any atom is -0.368 e. The standard InChI is InChI=1S/C13H19N5O/c1-3-4-5-10(13(14)19)17-12-8-9(2)16-11-6-7-15-18(11)12/h6-8,10,17H,3-5H2,1-2H3,(H2,14,19)/t10-/m0/s1. The average molecular weight is 261 g/mol. The van der Waals surface area contributed by atoms with Crippen molar-refractivity contribution in [2.24, 2.45) is 5.73 Å². The van der Waals surface area contributed by atoms with Crippen LogP contribution in [0.2, 0.25) is 0 Å². The summed E-state index contributed by atoms with van der Waals surface area (Å²) in [6, 6.07) is 3.31. The first-order valence-corrected chi connectivity index (χ1v) is 6.49. The molecule has 0 spiro atoms. The maximum absolute atomic E-state index is 11.5. The van der Waals surface area contributed by atoms with E-state index in [9.17, 15) is 4.79 Å². The van der Waals surface area contributed by atoms with Crippen LogP contribution in [-0.4, -0.2) is 26.5 Å². The van der Waals surface area contributed by atoms with E-state index in [0.29, 0.717) is 0 Å². The Kier molecular flexibility index (Phi) is 3.99. The Morgan fingerprint density at radius 3 is 3.05 bits per heavy atom. The lowest BCUT2D eigenvalue weighted by atomic mass is 10.1. The fourth-order valence-corrected chi connectivity index (χ4v) is 2.01. The maximum Gasteiger partial charge on any atom is 0.239 e. The molecule has 0 aliphatic rings. The Bertz CT molecular complexity index is 577. The highest BCUT2D eigenvalue weighted by molar-refractivity contribution is 5.82. The molecule has 0 saturated heterocycles. The summed E-state index contributed by atoms with van der Waals surface area (Å²) in [5.74, 6) is 0.399. The Labute approximate surface area is 112 Å². The van der Waals surface area contributed by atoms with Crippen LogP contribution in [0.1, 0.15) is 31.9 Å². The number of fused-ring (bicyclic) bond motifs is 1.